The van der Waals surface area contributed by atoms with Gasteiger partial charge >= 0.3 is 0 Å². The van der Waals surface area contributed by atoms with Gasteiger partial charge in [-0.1, -0.05) is 0 Å². The Kier molecular flexibility index (Phi) is 5.95. The third-order valence-electron chi connectivity index (χ3n) is 1.66. The van der Waals surface area contributed by atoms with E-state index >= 15 is 0 Å². The fraction of sp³-hybridized carbons (Fsp3) is 0.500. The predicted octanol–water partition coefficient (Wildman–Crippen LogP) is -3.34. The second-order valence-electron chi connectivity index (χ2n) is 2.68. The molecule has 0 saturated heterocycles. The van der Waals surface area contributed by atoms with E-state index in [-0.39, 0.29) is 5.68 Å². The molecule has 0 atom stereocenters. The number of rotatable bonds is 5. The zero-order valence-corrected chi connectivity index (χ0v) is 7.10. The molecule has 1 nitrogen and oxygen atoms in total. The monoisotopic (exact) mass is 142 g/mol. The van der Waals surface area contributed by atoms with Gasteiger partial charge in [0.25, 0.3) is 0 Å². The van der Waals surface area contributed by atoms with E-state index in [2.05, 4.69) is 0 Å². The van der Waals surface area contributed by atoms with Crippen LogP contribution in [0, 0.1) is 0 Å². The number of hydrogen-bond acceptors (Lipinski definition) is 1. The average molecular weight is 140 g/mol. The van der Waals surface area contributed by atoms with Crippen LogP contribution < -0.4 is 0 Å². The highest BCUT2D eigenvalue weighted by Gasteiger charge is 2.26. The summed E-state index contributed by atoms with van der Waals surface area (Å²) in [6.07, 6.45) is -1.06. The van der Waals surface area contributed by atoms with Gasteiger partial charge in [-0.3, -0.25) is 0 Å². The maximum Gasteiger partial charge on any atom is 0.126 e. The lowest BCUT2D eigenvalue weighted by atomic mass is 8.66. The Morgan fingerprint density at radius 3 is 2.17 bits per heavy atom. The minimum atomic E-state index is -0.726. The maximum absolute atomic E-state index is 10.8. The summed E-state index contributed by atoms with van der Waals surface area (Å²) in [5.74, 6) is 0. The van der Waals surface area contributed by atoms with Crippen molar-refractivity contribution in [3.8, 4) is 0 Å². The maximum atomic E-state index is 10.8. The summed E-state index contributed by atoms with van der Waals surface area (Å²) in [6.45, 7) is 0.653. The van der Waals surface area contributed by atoms with Gasteiger partial charge in [0.05, 0.1) is 5.68 Å². The zero-order valence-electron chi connectivity index (χ0n) is 7.10. The van der Waals surface area contributed by atoms with Crippen molar-refractivity contribution in [3.63, 3.8) is 0 Å². The third-order valence-corrected chi connectivity index (χ3v) is 1.66. The van der Waals surface area contributed by atoms with E-state index in [0.29, 0.717) is 0 Å². The van der Waals surface area contributed by atoms with Crippen LogP contribution in [-0.4, -0.2) is 70.0 Å². The first kappa shape index (κ1) is 12.3. The zero-order chi connectivity index (χ0) is 9.72. The predicted molar refractivity (Wildman–Crippen MR) is 62.5 cm³/mol. The van der Waals surface area contributed by atoms with Gasteiger partial charge in [-0.25, -0.2) is 0 Å². The van der Waals surface area contributed by atoms with Crippen molar-refractivity contribution in [3.05, 3.63) is 0 Å². The van der Waals surface area contributed by atoms with Crippen LogP contribution in [0.1, 0.15) is 6.92 Å². The molecular weight excluding hydrogens is 137 g/mol. The van der Waals surface area contributed by atoms with Gasteiger partial charge < -0.3 is 4.79 Å². The van der Waals surface area contributed by atoms with Crippen LogP contribution in [0.4, 0.5) is 0 Å². The second-order valence-corrected chi connectivity index (χ2v) is 2.68. The van der Waals surface area contributed by atoms with E-state index < -0.39 is 19.3 Å². The molecule has 0 amide bonds. The van der Waals surface area contributed by atoms with Gasteiger partial charge in [0.15, 0.2) is 0 Å². The summed E-state index contributed by atoms with van der Waals surface area (Å²) in [6, 6.07) is 0. The molecule has 0 aromatic carbocycles. The quantitative estimate of drug-likeness (QED) is 0.365. The average Bonchev–Trinajstić information content (AvgIpc) is 2.02. The second kappa shape index (κ2) is 5.82. The first-order valence-corrected chi connectivity index (χ1v) is 3.66. The van der Waals surface area contributed by atoms with Crippen molar-refractivity contribution < 1.29 is 4.79 Å². The molecule has 0 aromatic heterocycles. The van der Waals surface area contributed by atoms with Crippen molar-refractivity contribution >= 4 is 70.0 Å². The molecule has 44 valence electrons. The molecule has 0 aliphatic carbocycles. The summed E-state index contributed by atoms with van der Waals surface area (Å²) >= 11 is 0. The van der Waals surface area contributed by atoms with Crippen molar-refractivity contribution in [2.45, 2.75) is 6.92 Å². The molecule has 0 aliphatic rings. The molecule has 0 saturated carbocycles. The summed E-state index contributed by atoms with van der Waals surface area (Å²) < 4.78 is 0. The lowest BCUT2D eigenvalue weighted by Crippen LogP contribution is -2.58. The lowest BCUT2D eigenvalue weighted by Gasteiger charge is -2.18. The molecule has 0 rings (SSSR count). The Labute approximate surface area is 82.2 Å². The van der Waals surface area contributed by atoms with Gasteiger partial charge in [0.1, 0.15) is 6.49 Å². The van der Waals surface area contributed by atoms with E-state index in [4.69, 9.17) is 30.9 Å². The Balaban J connectivity index is 3.99. The molecular formula is C2H3B9O. The van der Waals surface area contributed by atoms with Crippen molar-refractivity contribution in [2.75, 3.05) is 0 Å². The van der Waals surface area contributed by atoms with Crippen molar-refractivity contribution in [2.24, 2.45) is 0 Å². The van der Waals surface area contributed by atoms with Gasteiger partial charge in [0, 0.05) is 57.8 Å². The summed E-state index contributed by atoms with van der Waals surface area (Å²) in [7, 11) is 24.5. The van der Waals surface area contributed by atoms with Gasteiger partial charge in [-0.05, 0) is 6.92 Å². The number of carbonyl (C=O) groups excluding carboxylic acids is 1. The first-order chi connectivity index (χ1) is 5.50. The normalized spacial score (nSPS) is 8.42. The highest BCUT2D eigenvalue weighted by molar-refractivity contribution is 7.92. The SMILES string of the molecule is [B][B][B]B([B])B([B])B([B])C(C)=O. The Bertz CT molecular complexity index is 147. The highest BCUT2D eigenvalue weighted by atomic mass is 16.1. The Morgan fingerprint density at radius 1 is 1.33 bits per heavy atom. The fourth-order valence-electron chi connectivity index (χ4n) is 0.767. The van der Waals surface area contributed by atoms with E-state index in [0.717, 1.165) is 0 Å². The Morgan fingerprint density at radius 2 is 1.83 bits per heavy atom. The van der Waals surface area contributed by atoms with E-state index in [1.807, 2.05) is 0 Å². The summed E-state index contributed by atoms with van der Waals surface area (Å²) in [5.41, 5.74) is -0.177. The van der Waals surface area contributed by atoms with Gasteiger partial charge in [-0.15, -0.1) is 0 Å². The molecule has 0 unspecified atom stereocenters. The van der Waals surface area contributed by atoms with Crippen LogP contribution in [-0.2, 0) is 4.79 Å². The van der Waals surface area contributed by atoms with Crippen LogP contribution >= 0.6 is 0 Å². The largest absolute Gasteiger partial charge is 0.313 e. The molecule has 0 N–H and O–H groups in total. The molecule has 12 heavy (non-hydrogen) atoms. The van der Waals surface area contributed by atoms with Crippen LogP contribution in [0.25, 0.3) is 0 Å². The Hall–Kier alpha value is 0.254. The van der Waals surface area contributed by atoms with Gasteiger partial charge in [-0.2, -0.15) is 0 Å². The highest BCUT2D eigenvalue weighted by Crippen LogP contribution is 1.87. The van der Waals surface area contributed by atoms with Crippen molar-refractivity contribution in [1.82, 2.24) is 0 Å². The van der Waals surface area contributed by atoms with E-state index in [1.54, 1.807) is 0 Å². The molecule has 0 spiro atoms. The first-order valence-electron chi connectivity index (χ1n) is 3.66. The topological polar surface area (TPSA) is 17.1 Å². The molecule has 0 aromatic rings. The van der Waals surface area contributed by atoms with Crippen LogP contribution in [0.3, 0.4) is 0 Å². The van der Waals surface area contributed by atoms with E-state index in [1.165, 1.54) is 21.0 Å². The molecule has 0 heterocycles. The van der Waals surface area contributed by atoms with Crippen LogP contribution in [0.2, 0.25) is 0 Å². The standard InChI is InChI=1S/C2H3B9O/c1-2(12)9(4)11(6)10(5)8-7-3/h1H3. The van der Waals surface area contributed by atoms with Crippen LogP contribution in [0.5, 0.6) is 0 Å². The summed E-state index contributed by atoms with van der Waals surface area (Å²) in [4.78, 5) is 10.8. The lowest BCUT2D eigenvalue weighted by molar-refractivity contribution is -0.110. The minimum Gasteiger partial charge on any atom is -0.313 e. The minimum absolute atomic E-state index is 0.177. The fourth-order valence-corrected chi connectivity index (χ4v) is 0.767. The van der Waals surface area contributed by atoms with Gasteiger partial charge in [0.2, 0.25) is 0 Å². The molecule has 10 heteroatoms. The smallest absolute Gasteiger partial charge is 0.126 e. The number of carbonyl (C=O) groups is 1. The third kappa shape index (κ3) is 3.77. The number of hydrogen-bond donors (Lipinski definition) is 0. The van der Waals surface area contributed by atoms with Crippen molar-refractivity contribution in [1.29, 1.82) is 0 Å². The molecule has 0 fully saturated rings. The molecule has 10 radical (unpaired) electrons. The van der Waals surface area contributed by atoms with E-state index in [9.17, 15) is 4.79 Å². The molecule has 0 bridgehead atoms. The molecule has 0 aliphatic heterocycles. The summed E-state index contributed by atoms with van der Waals surface area (Å²) in [5, 5.41) is 0. The van der Waals surface area contributed by atoms with Crippen LogP contribution in [0.15, 0.2) is 0 Å².